The summed E-state index contributed by atoms with van der Waals surface area (Å²) in [7, 11) is 0. The zero-order valence-corrected chi connectivity index (χ0v) is 10.5. The summed E-state index contributed by atoms with van der Waals surface area (Å²) < 4.78 is 0. The molecule has 2 aromatic rings. The number of hydroxylamine groups is 2. The number of hydrogen-bond donors (Lipinski definition) is 1. The van der Waals surface area contributed by atoms with Gasteiger partial charge in [0.15, 0.2) is 0 Å². The third-order valence-corrected chi connectivity index (χ3v) is 2.78. The van der Waals surface area contributed by atoms with Gasteiger partial charge < -0.3 is 0 Å². The van der Waals surface area contributed by atoms with Gasteiger partial charge in [0, 0.05) is 5.56 Å². The molecule has 0 aliphatic heterocycles. The van der Waals surface area contributed by atoms with E-state index in [-0.39, 0.29) is 6.54 Å². The van der Waals surface area contributed by atoms with Crippen LogP contribution in [0, 0.1) is 0 Å². The average Bonchev–Trinajstić information content (AvgIpc) is 2.48. The minimum absolute atomic E-state index is 0.0811. The molecule has 0 atom stereocenters. The zero-order chi connectivity index (χ0) is 13.7. The normalized spacial score (nSPS) is 9.95. The Bertz CT molecular complexity index is 564. The maximum atomic E-state index is 11.9. The van der Waals surface area contributed by atoms with Crippen LogP contribution in [-0.2, 0) is 0 Å². The Labute approximate surface area is 112 Å². The maximum Gasteiger partial charge on any atom is 0.277 e. The van der Waals surface area contributed by atoms with Crippen molar-refractivity contribution >= 4 is 11.5 Å². The van der Waals surface area contributed by atoms with Crippen LogP contribution in [0.15, 0.2) is 67.2 Å². The largest absolute Gasteiger partial charge is 0.285 e. The Morgan fingerprint density at radius 2 is 1.42 bits per heavy atom. The molecule has 2 aromatic carbocycles. The van der Waals surface area contributed by atoms with Crippen LogP contribution in [0.1, 0.15) is 15.9 Å². The van der Waals surface area contributed by atoms with E-state index in [9.17, 15) is 10.0 Å². The number of carbonyl (C=O) groups is 1. The Kier molecular flexibility index (Phi) is 4.11. The van der Waals surface area contributed by atoms with E-state index < -0.39 is 5.91 Å². The molecule has 96 valence electrons. The molecule has 0 aromatic heterocycles. The molecule has 0 fully saturated rings. The van der Waals surface area contributed by atoms with Gasteiger partial charge in [-0.1, -0.05) is 55.1 Å². The van der Waals surface area contributed by atoms with Gasteiger partial charge in [-0.2, -0.15) is 0 Å². The van der Waals surface area contributed by atoms with Gasteiger partial charge in [-0.3, -0.25) is 10.0 Å². The monoisotopic (exact) mass is 253 g/mol. The standard InChI is InChI=1S/C16H15NO2/c1-13(14-8-4-2-5-9-14)12-17(19)16(18)15-10-6-3-7-11-15/h2-11,19H,1,12H2. The van der Waals surface area contributed by atoms with Gasteiger partial charge in [-0.25, -0.2) is 5.06 Å². The van der Waals surface area contributed by atoms with Gasteiger partial charge in [0.05, 0.1) is 6.54 Å². The number of hydrogen-bond acceptors (Lipinski definition) is 2. The van der Waals surface area contributed by atoms with Crippen LogP contribution < -0.4 is 0 Å². The molecule has 2 rings (SSSR count). The number of benzene rings is 2. The second-order valence-corrected chi connectivity index (χ2v) is 4.20. The molecule has 0 unspecified atom stereocenters. The summed E-state index contributed by atoms with van der Waals surface area (Å²) in [4.78, 5) is 11.9. The number of amides is 1. The van der Waals surface area contributed by atoms with E-state index in [1.807, 2.05) is 36.4 Å². The van der Waals surface area contributed by atoms with E-state index in [1.165, 1.54) is 0 Å². The third-order valence-electron chi connectivity index (χ3n) is 2.78. The van der Waals surface area contributed by atoms with Crippen molar-refractivity contribution in [2.24, 2.45) is 0 Å². The highest BCUT2D eigenvalue weighted by atomic mass is 16.5. The third kappa shape index (κ3) is 3.30. The lowest BCUT2D eigenvalue weighted by Crippen LogP contribution is -2.28. The van der Waals surface area contributed by atoms with Crippen molar-refractivity contribution < 1.29 is 10.0 Å². The summed E-state index contributed by atoms with van der Waals surface area (Å²) in [5, 5.41) is 10.5. The quantitative estimate of drug-likeness (QED) is 0.671. The van der Waals surface area contributed by atoms with Gasteiger partial charge in [-0.15, -0.1) is 0 Å². The molecule has 1 N–H and O–H groups in total. The van der Waals surface area contributed by atoms with Crippen LogP contribution in [0.4, 0.5) is 0 Å². The fourth-order valence-corrected chi connectivity index (χ4v) is 1.75. The van der Waals surface area contributed by atoms with Crippen molar-refractivity contribution in [2.75, 3.05) is 6.54 Å². The fourth-order valence-electron chi connectivity index (χ4n) is 1.75. The van der Waals surface area contributed by atoms with Crippen molar-refractivity contribution in [2.45, 2.75) is 0 Å². The molecule has 0 radical (unpaired) electrons. The van der Waals surface area contributed by atoms with E-state index in [2.05, 4.69) is 6.58 Å². The lowest BCUT2D eigenvalue weighted by Gasteiger charge is -2.16. The van der Waals surface area contributed by atoms with Gasteiger partial charge >= 0.3 is 0 Å². The van der Waals surface area contributed by atoms with E-state index in [0.29, 0.717) is 16.2 Å². The second-order valence-electron chi connectivity index (χ2n) is 4.20. The SMILES string of the molecule is C=C(CN(O)C(=O)c1ccccc1)c1ccccc1. The summed E-state index contributed by atoms with van der Waals surface area (Å²) in [5.74, 6) is -0.433. The highest BCUT2D eigenvalue weighted by Gasteiger charge is 2.14. The molecule has 1 amide bonds. The molecule has 3 heteroatoms. The first-order valence-electron chi connectivity index (χ1n) is 5.97. The average molecular weight is 253 g/mol. The molecule has 0 spiro atoms. The van der Waals surface area contributed by atoms with Crippen molar-refractivity contribution in [1.29, 1.82) is 0 Å². The van der Waals surface area contributed by atoms with Gasteiger partial charge in [0.25, 0.3) is 5.91 Å². The second kappa shape index (κ2) is 5.98. The minimum Gasteiger partial charge on any atom is -0.285 e. The highest BCUT2D eigenvalue weighted by Crippen LogP contribution is 2.13. The first-order chi connectivity index (χ1) is 9.18. The Hall–Kier alpha value is -2.39. The summed E-state index contributed by atoms with van der Waals surface area (Å²) in [6.07, 6.45) is 0. The minimum atomic E-state index is -0.433. The molecule has 0 saturated heterocycles. The van der Waals surface area contributed by atoms with Crippen molar-refractivity contribution in [3.05, 3.63) is 78.4 Å². The van der Waals surface area contributed by atoms with Gasteiger partial charge in [-0.05, 0) is 23.3 Å². The topological polar surface area (TPSA) is 40.5 Å². The summed E-state index contributed by atoms with van der Waals surface area (Å²) >= 11 is 0. The van der Waals surface area contributed by atoms with Crippen LogP contribution in [0.25, 0.3) is 5.57 Å². The number of nitrogens with zero attached hydrogens (tertiary/aromatic N) is 1. The van der Waals surface area contributed by atoms with E-state index >= 15 is 0 Å². The molecule has 0 aliphatic rings. The molecule has 0 aliphatic carbocycles. The van der Waals surface area contributed by atoms with Gasteiger partial charge in [0.2, 0.25) is 0 Å². The molecule has 0 bridgehead atoms. The molecular formula is C16H15NO2. The smallest absolute Gasteiger partial charge is 0.277 e. The van der Waals surface area contributed by atoms with Crippen molar-refractivity contribution in [3.63, 3.8) is 0 Å². The first-order valence-corrected chi connectivity index (χ1v) is 5.97. The summed E-state index contributed by atoms with van der Waals surface area (Å²) in [6, 6.07) is 18.1. The Morgan fingerprint density at radius 3 is 1.95 bits per heavy atom. The van der Waals surface area contributed by atoms with Crippen molar-refractivity contribution in [3.8, 4) is 0 Å². The van der Waals surface area contributed by atoms with Crippen molar-refractivity contribution in [1.82, 2.24) is 5.06 Å². The van der Waals surface area contributed by atoms with E-state index in [1.54, 1.807) is 24.3 Å². The van der Waals surface area contributed by atoms with E-state index in [0.717, 1.165) is 5.56 Å². The van der Waals surface area contributed by atoms with E-state index in [4.69, 9.17) is 0 Å². The zero-order valence-electron chi connectivity index (χ0n) is 10.5. The summed E-state index contributed by atoms with van der Waals surface area (Å²) in [5.41, 5.74) is 2.04. The van der Waals surface area contributed by atoms with Crippen LogP contribution in [0.3, 0.4) is 0 Å². The summed E-state index contributed by atoms with van der Waals surface area (Å²) in [6.45, 7) is 3.97. The fraction of sp³-hybridized carbons (Fsp3) is 0.0625. The molecule has 0 saturated carbocycles. The molecule has 0 heterocycles. The van der Waals surface area contributed by atoms with Crippen LogP contribution in [0.2, 0.25) is 0 Å². The predicted octanol–water partition coefficient (Wildman–Crippen LogP) is 3.23. The number of rotatable bonds is 4. The maximum absolute atomic E-state index is 11.9. The lowest BCUT2D eigenvalue weighted by atomic mass is 10.1. The predicted molar refractivity (Wildman–Crippen MR) is 74.7 cm³/mol. The van der Waals surface area contributed by atoms with Crippen LogP contribution in [-0.4, -0.2) is 22.7 Å². The molecule has 19 heavy (non-hydrogen) atoms. The highest BCUT2D eigenvalue weighted by molar-refractivity contribution is 5.94. The van der Waals surface area contributed by atoms with Crippen LogP contribution in [0.5, 0.6) is 0 Å². The lowest BCUT2D eigenvalue weighted by molar-refractivity contribution is -0.0477. The first kappa shape index (κ1) is 13.1. The molecular weight excluding hydrogens is 238 g/mol. The van der Waals surface area contributed by atoms with Gasteiger partial charge in [0.1, 0.15) is 0 Å². The molecule has 3 nitrogen and oxygen atoms in total. The number of carbonyl (C=O) groups excluding carboxylic acids is 1. The Balaban J connectivity index is 2.04. The Morgan fingerprint density at radius 1 is 0.947 bits per heavy atom. The van der Waals surface area contributed by atoms with Crippen LogP contribution >= 0.6 is 0 Å².